The Morgan fingerprint density at radius 1 is 1.41 bits per heavy atom. The summed E-state index contributed by atoms with van der Waals surface area (Å²) < 4.78 is 5.16. The molecule has 22 heavy (non-hydrogen) atoms. The molecule has 0 spiro atoms. The summed E-state index contributed by atoms with van der Waals surface area (Å²) in [5.41, 5.74) is 1.05. The van der Waals surface area contributed by atoms with Crippen molar-refractivity contribution in [2.24, 2.45) is 0 Å². The molecule has 1 atom stereocenters. The highest BCUT2D eigenvalue weighted by atomic mass is 16.5. The summed E-state index contributed by atoms with van der Waals surface area (Å²) in [7, 11) is 1.67. The predicted molar refractivity (Wildman–Crippen MR) is 86.4 cm³/mol. The molecule has 0 aliphatic carbocycles. The van der Waals surface area contributed by atoms with E-state index in [1.165, 1.54) is 19.3 Å². The highest BCUT2D eigenvalue weighted by Gasteiger charge is 2.26. The van der Waals surface area contributed by atoms with Crippen molar-refractivity contribution in [2.45, 2.75) is 38.8 Å². The lowest BCUT2D eigenvalue weighted by molar-refractivity contribution is -0.138. The Bertz CT molecular complexity index is 446. The van der Waals surface area contributed by atoms with Crippen LogP contribution in [0.5, 0.6) is 0 Å². The molecule has 0 aromatic carbocycles. The summed E-state index contributed by atoms with van der Waals surface area (Å²) in [5.74, 6) is 0.183. The van der Waals surface area contributed by atoms with Crippen LogP contribution in [0.4, 0.5) is 0 Å². The Morgan fingerprint density at radius 2 is 2.18 bits per heavy atom. The van der Waals surface area contributed by atoms with Gasteiger partial charge in [0.15, 0.2) is 0 Å². The van der Waals surface area contributed by atoms with Gasteiger partial charge in [0.05, 0.1) is 12.6 Å². The molecule has 1 amide bonds. The molecule has 5 heteroatoms. The van der Waals surface area contributed by atoms with Crippen molar-refractivity contribution < 1.29 is 9.53 Å². The number of likely N-dealkylation sites (tertiary alicyclic amines) is 1. The van der Waals surface area contributed by atoms with Crippen molar-refractivity contribution in [1.82, 2.24) is 14.8 Å². The molecule has 0 saturated carbocycles. The van der Waals surface area contributed by atoms with Crippen molar-refractivity contribution in [3.63, 3.8) is 0 Å². The van der Waals surface area contributed by atoms with Gasteiger partial charge in [-0.25, -0.2) is 0 Å². The summed E-state index contributed by atoms with van der Waals surface area (Å²) in [4.78, 5) is 21.2. The van der Waals surface area contributed by atoms with Crippen LogP contribution in [0.15, 0.2) is 24.5 Å². The van der Waals surface area contributed by atoms with Crippen LogP contribution in [0.25, 0.3) is 0 Å². The van der Waals surface area contributed by atoms with E-state index in [-0.39, 0.29) is 11.9 Å². The van der Waals surface area contributed by atoms with Gasteiger partial charge in [-0.2, -0.15) is 0 Å². The third-order valence-corrected chi connectivity index (χ3v) is 4.27. The van der Waals surface area contributed by atoms with Crippen LogP contribution in [0.3, 0.4) is 0 Å². The zero-order chi connectivity index (χ0) is 15.8. The topological polar surface area (TPSA) is 45.7 Å². The Labute approximate surface area is 133 Å². The first-order chi connectivity index (χ1) is 10.7. The van der Waals surface area contributed by atoms with E-state index < -0.39 is 0 Å². The van der Waals surface area contributed by atoms with Crippen LogP contribution in [0, 0.1) is 0 Å². The van der Waals surface area contributed by atoms with Gasteiger partial charge in [-0.1, -0.05) is 12.5 Å². The predicted octanol–water partition coefficient (Wildman–Crippen LogP) is 1.93. The standard InChI is InChI=1S/C17H27N3O2/c1-15(19-9-4-3-5-10-19)17(21)20(11-12-22-2)14-16-7-6-8-18-13-16/h6-8,13,15H,3-5,9-12,14H2,1-2H3. The van der Waals surface area contributed by atoms with E-state index in [2.05, 4.69) is 9.88 Å². The van der Waals surface area contributed by atoms with Crippen molar-refractivity contribution in [3.8, 4) is 0 Å². The number of hydrogen-bond acceptors (Lipinski definition) is 4. The molecule has 2 rings (SSSR count). The van der Waals surface area contributed by atoms with Gasteiger partial charge in [-0.15, -0.1) is 0 Å². The molecule has 1 unspecified atom stereocenters. The number of piperidine rings is 1. The van der Waals surface area contributed by atoms with Crippen LogP contribution < -0.4 is 0 Å². The molecule has 2 heterocycles. The van der Waals surface area contributed by atoms with Crippen LogP contribution >= 0.6 is 0 Å². The monoisotopic (exact) mass is 305 g/mol. The molecular formula is C17H27N3O2. The molecule has 0 radical (unpaired) electrons. The first-order valence-corrected chi connectivity index (χ1v) is 8.13. The Hall–Kier alpha value is -1.46. The maximum absolute atomic E-state index is 12.9. The van der Waals surface area contributed by atoms with Crippen molar-refractivity contribution in [2.75, 3.05) is 33.4 Å². The molecule has 1 aliphatic heterocycles. The fraction of sp³-hybridized carbons (Fsp3) is 0.647. The maximum atomic E-state index is 12.9. The van der Waals surface area contributed by atoms with Gasteiger partial charge < -0.3 is 9.64 Å². The van der Waals surface area contributed by atoms with Gasteiger partial charge >= 0.3 is 0 Å². The minimum atomic E-state index is -0.0613. The number of methoxy groups -OCH3 is 1. The number of carbonyl (C=O) groups excluding carboxylic acids is 1. The zero-order valence-corrected chi connectivity index (χ0v) is 13.7. The Kier molecular flexibility index (Phi) is 6.80. The third-order valence-electron chi connectivity index (χ3n) is 4.27. The van der Waals surface area contributed by atoms with Crippen LogP contribution in [-0.2, 0) is 16.1 Å². The quantitative estimate of drug-likeness (QED) is 0.772. The fourth-order valence-corrected chi connectivity index (χ4v) is 2.91. The second-order valence-electron chi connectivity index (χ2n) is 5.89. The first kappa shape index (κ1) is 16.9. The largest absolute Gasteiger partial charge is 0.383 e. The molecule has 1 aromatic rings. The van der Waals surface area contributed by atoms with Gasteiger partial charge in [0.25, 0.3) is 0 Å². The summed E-state index contributed by atoms with van der Waals surface area (Å²) in [6.45, 7) is 5.84. The summed E-state index contributed by atoms with van der Waals surface area (Å²) in [6, 6.07) is 3.85. The molecule has 0 bridgehead atoms. The number of amides is 1. The Balaban J connectivity index is 2.01. The minimum absolute atomic E-state index is 0.0613. The molecule has 122 valence electrons. The molecule has 1 aliphatic rings. The van der Waals surface area contributed by atoms with E-state index in [0.29, 0.717) is 19.7 Å². The van der Waals surface area contributed by atoms with E-state index in [4.69, 9.17) is 4.74 Å². The zero-order valence-electron chi connectivity index (χ0n) is 13.7. The lowest BCUT2D eigenvalue weighted by Crippen LogP contribution is -2.49. The number of hydrogen-bond donors (Lipinski definition) is 0. The smallest absolute Gasteiger partial charge is 0.240 e. The number of ether oxygens (including phenoxy) is 1. The summed E-state index contributed by atoms with van der Waals surface area (Å²) in [6.07, 6.45) is 7.23. The third kappa shape index (κ3) is 4.78. The lowest BCUT2D eigenvalue weighted by atomic mass is 10.1. The molecule has 1 aromatic heterocycles. The number of rotatable bonds is 7. The van der Waals surface area contributed by atoms with Crippen molar-refractivity contribution in [1.29, 1.82) is 0 Å². The van der Waals surface area contributed by atoms with Crippen LogP contribution in [0.1, 0.15) is 31.7 Å². The highest BCUT2D eigenvalue weighted by molar-refractivity contribution is 5.81. The average Bonchev–Trinajstić information content (AvgIpc) is 2.59. The van der Waals surface area contributed by atoms with E-state index >= 15 is 0 Å². The second-order valence-corrected chi connectivity index (χ2v) is 5.89. The second kappa shape index (κ2) is 8.86. The SMILES string of the molecule is COCCN(Cc1cccnc1)C(=O)C(C)N1CCCCC1. The number of aromatic nitrogens is 1. The van der Waals surface area contributed by atoms with E-state index in [9.17, 15) is 4.79 Å². The molecule has 1 fully saturated rings. The van der Waals surface area contributed by atoms with Gasteiger partial charge in [-0.05, 0) is 44.5 Å². The van der Waals surface area contributed by atoms with Gasteiger partial charge in [0.2, 0.25) is 5.91 Å². The number of pyridine rings is 1. The van der Waals surface area contributed by atoms with Crippen molar-refractivity contribution >= 4 is 5.91 Å². The molecule has 1 saturated heterocycles. The fourth-order valence-electron chi connectivity index (χ4n) is 2.91. The number of carbonyl (C=O) groups is 1. The lowest BCUT2D eigenvalue weighted by Gasteiger charge is -2.34. The van der Waals surface area contributed by atoms with E-state index in [1.54, 1.807) is 13.3 Å². The first-order valence-electron chi connectivity index (χ1n) is 8.13. The van der Waals surface area contributed by atoms with Crippen LogP contribution in [-0.4, -0.2) is 60.1 Å². The number of nitrogens with zero attached hydrogens (tertiary/aromatic N) is 3. The normalized spacial score (nSPS) is 17.2. The average molecular weight is 305 g/mol. The van der Waals surface area contributed by atoms with Gasteiger partial charge in [-0.3, -0.25) is 14.7 Å². The van der Waals surface area contributed by atoms with Crippen LogP contribution in [0.2, 0.25) is 0 Å². The van der Waals surface area contributed by atoms with E-state index in [1.807, 2.05) is 30.2 Å². The minimum Gasteiger partial charge on any atom is -0.383 e. The summed E-state index contributed by atoms with van der Waals surface area (Å²) in [5, 5.41) is 0. The van der Waals surface area contributed by atoms with Crippen molar-refractivity contribution in [3.05, 3.63) is 30.1 Å². The van der Waals surface area contributed by atoms with Gasteiger partial charge in [0.1, 0.15) is 0 Å². The van der Waals surface area contributed by atoms with E-state index in [0.717, 1.165) is 18.7 Å². The maximum Gasteiger partial charge on any atom is 0.240 e. The highest BCUT2D eigenvalue weighted by Crippen LogP contribution is 2.15. The molecule has 5 nitrogen and oxygen atoms in total. The molecule has 0 N–H and O–H groups in total. The Morgan fingerprint density at radius 3 is 2.82 bits per heavy atom. The molecular weight excluding hydrogens is 278 g/mol. The van der Waals surface area contributed by atoms with Gasteiger partial charge in [0, 0.05) is 32.6 Å². The summed E-state index contributed by atoms with van der Waals surface area (Å²) >= 11 is 0.